The second-order valence-electron chi connectivity index (χ2n) is 4.01. The third-order valence-electron chi connectivity index (χ3n) is 2.60. The fourth-order valence-electron chi connectivity index (χ4n) is 1.54. The molecule has 1 aromatic heterocycles. The van der Waals surface area contributed by atoms with Crippen LogP contribution in [-0.4, -0.2) is 24.3 Å². The number of rotatable bonds is 6. The Kier molecular flexibility index (Phi) is 3.22. The molecule has 0 spiro atoms. The van der Waals surface area contributed by atoms with Crippen molar-refractivity contribution in [1.82, 2.24) is 5.32 Å². The molecule has 1 aromatic rings. The van der Waals surface area contributed by atoms with E-state index in [0.29, 0.717) is 6.04 Å². The first-order valence-electron chi connectivity index (χ1n) is 5.25. The van der Waals surface area contributed by atoms with Gasteiger partial charge in [-0.2, -0.15) is 0 Å². The summed E-state index contributed by atoms with van der Waals surface area (Å²) in [5.41, 5.74) is 0. The molecular weight excluding hydrogens is 178 g/mol. The zero-order valence-corrected chi connectivity index (χ0v) is 8.28. The molecule has 0 radical (unpaired) electrons. The highest BCUT2D eigenvalue weighted by Gasteiger charge is 2.21. The van der Waals surface area contributed by atoms with Crippen LogP contribution in [0, 0.1) is 5.92 Å². The number of hydrogen-bond acceptors (Lipinski definition) is 3. The second kappa shape index (κ2) is 4.62. The normalized spacial score (nSPS) is 18.4. The topological polar surface area (TPSA) is 45.4 Å². The zero-order chi connectivity index (χ0) is 9.80. The van der Waals surface area contributed by atoms with Gasteiger partial charge < -0.3 is 14.8 Å². The molecule has 0 aliphatic heterocycles. The SMILES string of the molecule is OCC(CNC1CC1)Cc1ccco1. The number of furan rings is 1. The van der Waals surface area contributed by atoms with Gasteiger partial charge in [-0.1, -0.05) is 0 Å². The van der Waals surface area contributed by atoms with Crippen molar-refractivity contribution in [1.29, 1.82) is 0 Å². The van der Waals surface area contributed by atoms with Crippen LogP contribution < -0.4 is 5.32 Å². The van der Waals surface area contributed by atoms with Crippen LogP contribution in [0.4, 0.5) is 0 Å². The van der Waals surface area contributed by atoms with Crippen molar-refractivity contribution in [3.8, 4) is 0 Å². The Morgan fingerprint density at radius 3 is 3.00 bits per heavy atom. The van der Waals surface area contributed by atoms with Crippen LogP contribution >= 0.6 is 0 Å². The lowest BCUT2D eigenvalue weighted by molar-refractivity contribution is 0.215. The molecule has 1 atom stereocenters. The molecule has 1 fully saturated rings. The molecule has 3 nitrogen and oxygen atoms in total. The summed E-state index contributed by atoms with van der Waals surface area (Å²) in [6.45, 7) is 1.11. The van der Waals surface area contributed by atoms with Crippen LogP contribution in [0.15, 0.2) is 22.8 Å². The highest BCUT2D eigenvalue weighted by molar-refractivity contribution is 4.99. The molecule has 2 rings (SSSR count). The Balaban J connectivity index is 1.74. The largest absolute Gasteiger partial charge is 0.469 e. The first kappa shape index (κ1) is 9.74. The molecule has 14 heavy (non-hydrogen) atoms. The van der Waals surface area contributed by atoms with Crippen molar-refractivity contribution in [2.75, 3.05) is 13.2 Å². The molecule has 0 bridgehead atoms. The minimum Gasteiger partial charge on any atom is -0.469 e. The molecule has 1 unspecified atom stereocenters. The zero-order valence-electron chi connectivity index (χ0n) is 8.28. The Labute approximate surface area is 84.1 Å². The van der Waals surface area contributed by atoms with Gasteiger partial charge in [-0.05, 0) is 25.0 Å². The van der Waals surface area contributed by atoms with E-state index in [1.807, 2.05) is 12.1 Å². The van der Waals surface area contributed by atoms with Crippen molar-refractivity contribution < 1.29 is 9.52 Å². The maximum absolute atomic E-state index is 9.18. The fraction of sp³-hybridized carbons (Fsp3) is 0.636. The molecule has 1 aliphatic rings. The highest BCUT2D eigenvalue weighted by Crippen LogP contribution is 2.19. The Hall–Kier alpha value is -0.800. The summed E-state index contributed by atoms with van der Waals surface area (Å²) in [6.07, 6.45) is 5.08. The van der Waals surface area contributed by atoms with Crippen LogP contribution in [0.3, 0.4) is 0 Å². The Morgan fingerprint density at radius 1 is 1.57 bits per heavy atom. The molecule has 1 saturated carbocycles. The maximum atomic E-state index is 9.18. The number of aliphatic hydroxyl groups is 1. The van der Waals surface area contributed by atoms with Gasteiger partial charge in [0.25, 0.3) is 0 Å². The number of hydrogen-bond donors (Lipinski definition) is 2. The van der Waals surface area contributed by atoms with E-state index in [-0.39, 0.29) is 12.5 Å². The molecule has 3 heteroatoms. The predicted octanol–water partition coefficient (Wildman–Crippen LogP) is 1.18. The third-order valence-corrected chi connectivity index (χ3v) is 2.60. The van der Waals surface area contributed by atoms with E-state index >= 15 is 0 Å². The summed E-state index contributed by atoms with van der Waals surface area (Å²) in [6, 6.07) is 4.55. The Bertz CT molecular complexity index is 254. The molecule has 0 saturated heterocycles. The maximum Gasteiger partial charge on any atom is 0.104 e. The molecule has 0 aromatic carbocycles. The van der Waals surface area contributed by atoms with E-state index in [0.717, 1.165) is 18.7 Å². The van der Waals surface area contributed by atoms with Gasteiger partial charge in [0, 0.05) is 31.5 Å². The standard InChI is InChI=1S/C11H17NO2/c13-8-9(7-12-10-3-4-10)6-11-2-1-5-14-11/h1-2,5,9-10,12-13H,3-4,6-8H2. The summed E-state index contributed by atoms with van der Waals surface area (Å²) < 4.78 is 5.25. The van der Waals surface area contributed by atoms with Gasteiger partial charge in [-0.15, -0.1) is 0 Å². The monoisotopic (exact) mass is 195 g/mol. The van der Waals surface area contributed by atoms with Crippen LogP contribution in [0.1, 0.15) is 18.6 Å². The first-order chi connectivity index (χ1) is 6.88. The fourth-order valence-corrected chi connectivity index (χ4v) is 1.54. The van der Waals surface area contributed by atoms with Crippen molar-refractivity contribution in [3.63, 3.8) is 0 Å². The van der Waals surface area contributed by atoms with E-state index < -0.39 is 0 Å². The average Bonchev–Trinajstić information content (AvgIpc) is 2.90. The van der Waals surface area contributed by atoms with Crippen LogP contribution in [-0.2, 0) is 6.42 Å². The quantitative estimate of drug-likeness (QED) is 0.716. The summed E-state index contributed by atoms with van der Waals surface area (Å²) in [5, 5.41) is 12.6. The highest BCUT2D eigenvalue weighted by atomic mass is 16.3. The summed E-state index contributed by atoms with van der Waals surface area (Å²) in [5.74, 6) is 1.24. The van der Waals surface area contributed by atoms with Gasteiger partial charge in [0.2, 0.25) is 0 Å². The predicted molar refractivity (Wildman–Crippen MR) is 54.0 cm³/mol. The van der Waals surface area contributed by atoms with Crippen LogP contribution in [0.5, 0.6) is 0 Å². The van der Waals surface area contributed by atoms with E-state index in [1.165, 1.54) is 12.8 Å². The van der Waals surface area contributed by atoms with Gasteiger partial charge in [0.1, 0.15) is 5.76 Å². The van der Waals surface area contributed by atoms with Crippen molar-refractivity contribution in [2.45, 2.75) is 25.3 Å². The summed E-state index contributed by atoms with van der Waals surface area (Å²) in [4.78, 5) is 0. The molecular formula is C11H17NO2. The minimum absolute atomic E-state index is 0.223. The summed E-state index contributed by atoms with van der Waals surface area (Å²) in [7, 11) is 0. The smallest absolute Gasteiger partial charge is 0.104 e. The number of nitrogens with one attached hydrogen (secondary N) is 1. The summed E-state index contributed by atoms with van der Waals surface area (Å²) >= 11 is 0. The van der Waals surface area contributed by atoms with Gasteiger partial charge in [0.05, 0.1) is 6.26 Å². The van der Waals surface area contributed by atoms with Crippen LogP contribution in [0.25, 0.3) is 0 Å². The molecule has 1 heterocycles. The van der Waals surface area contributed by atoms with Crippen molar-refractivity contribution in [2.24, 2.45) is 5.92 Å². The molecule has 78 valence electrons. The van der Waals surface area contributed by atoms with Gasteiger partial charge in [0.15, 0.2) is 0 Å². The van der Waals surface area contributed by atoms with Crippen molar-refractivity contribution in [3.05, 3.63) is 24.2 Å². The third kappa shape index (κ3) is 2.86. The van der Waals surface area contributed by atoms with Crippen LogP contribution in [0.2, 0.25) is 0 Å². The minimum atomic E-state index is 0.223. The van der Waals surface area contributed by atoms with E-state index in [4.69, 9.17) is 4.42 Å². The lowest BCUT2D eigenvalue weighted by atomic mass is 10.1. The molecule has 2 N–H and O–H groups in total. The van der Waals surface area contributed by atoms with Gasteiger partial charge in [-0.3, -0.25) is 0 Å². The Morgan fingerprint density at radius 2 is 2.43 bits per heavy atom. The van der Waals surface area contributed by atoms with Gasteiger partial charge in [-0.25, -0.2) is 0 Å². The van der Waals surface area contributed by atoms with E-state index in [9.17, 15) is 5.11 Å². The molecule has 1 aliphatic carbocycles. The molecule has 0 amide bonds. The van der Waals surface area contributed by atoms with E-state index in [1.54, 1.807) is 6.26 Å². The van der Waals surface area contributed by atoms with Crippen molar-refractivity contribution >= 4 is 0 Å². The second-order valence-corrected chi connectivity index (χ2v) is 4.01. The van der Waals surface area contributed by atoms with Gasteiger partial charge >= 0.3 is 0 Å². The lowest BCUT2D eigenvalue weighted by Gasteiger charge is -2.12. The lowest BCUT2D eigenvalue weighted by Crippen LogP contribution is -2.28. The number of aliphatic hydroxyl groups excluding tert-OH is 1. The average molecular weight is 195 g/mol. The van der Waals surface area contributed by atoms with E-state index in [2.05, 4.69) is 5.32 Å². The first-order valence-corrected chi connectivity index (χ1v) is 5.25.